The van der Waals surface area contributed by atoms with Crippen LogP contribution in [0, 0.1) is 0 Å². The van der Waals surface area contributed by atoms with Crippen LogP contribution in [0.5, 0.6) is 0 Å². The third-order valence-electron chi connectivity index (χ3n) is 4.40. The van der Waals surface area contributed by atoms with Crippen molar-refractivity contribution in [2.75, 3.05) is 18.4 Å². The highest BCUT2D eigenvalue weighted by Gasteiger charge is 2.36. The maximum atomic E-state index is 12.5. The molecule has 0 saturated carbocycles. The summed E-state index contributed by atoms with van der Waals surface area (Å²) in [5, 5.41) is 8.06. The lowest BCUT2D eigenvalue weighted by Crippen LogP contribution is -2.62. The summed E-state index contributed by atoms with van der Waals surface area (Å²) in [6.07, 6.45) is 0.0728. The number of aromatic nitrogens is 1. The van der Waals surface area contributed by atoms with Gasteiger partial charge in [0.25, 0.3) is 0 Å². The van der Waals surface area contributed by atoms with Gasteiger partial charge in [-0.3, -0.25) is 9.59 Å². The highest BCUT2D eigenvalue weighted by Crippen LogP contribution is 2.15. The van der Waals surface area contributed by atoms with E-state index in [-0.39, 0.29) is 31.4 Å². The molecule has 2 heterocycles. The van der Waals surface area contributed by atoms with Crippen LogP contribution < -0.4 is 16.0 Å². The predicted octanol–water partition coefficient (Wildman–Crippen LogP) is 2.30. The number of hydrogen-bond acceptors (Lipinski definition) is 7. The van der Waals surface area contributed by atoms with Crippen LogP contribution in [0.3, 0.4) is 0 Å². The molecule has 12 heteroatoms. The number of carbonyl (C=O) groups is 4. The topological polar surface area (TPSA) is 139 Å². The smallest absolute Gasteiger partial charge is 0.410 e. The van der Waals surface area contributed by atoms with E-state index < -0.39 is 41.7 Å². The molecule has 1 aromatic heterocycles. The Bertz CT molecular complexity index is 871. The Morgan fingerprint density at radius 2 is 1.82 bits per heavy atom. The first-order valence-electron chi connectivity index (χ1n) is 10.5. The van der Waals surface area contributed by atoms with E-state index in [9.17, 15) is 19.2 Å². The number of anilines is 1. The largest absolute Gasteiger partial charge is 0.447 e. The lowest BCUT2D eigenvalue weighted by molar-refractivity contribution is -0.137. The monoisotopic (exact) mass is 483 g/mol. The third kappa shape index (κ3) is 8.76. The molecule has 2 rings (SSSR count). The van der Waals surface area contributed by atoms with Crippen LogP contribution in [0.25, 0.3) is 0 Å². The first-order chi connectivity index (χ1) is 15.3. The van der Waals surface area contributed by atoms with Crippen molar-refractivity contribution in [2.24, 2.45) is 0 Å². The number of nitrogens with zero attached hydrogens (tertiary/aromatic N) is 2. The van der Waals surface area contributed by atoms with Gasteiger partial charge in [-0.2, -0.15) is 0 Å². The van der Waals surface area contributed by atoms with E-state index in [1.165, 1.54) is 23.2 Å². The van der Waals surface area contributed by atoms with Gasteiger partial charge in [-0.15, -0.1) is 0 Å². The van der Waals surface area contributed by atoms with Gasteiger partial charge in [-0.05, 0) is 53.2 Å². The second-order valence-corrected chi connectivity index (χ2v) is 9.25. The van der Waals surface area contributed by atoms with Crippen molar-refractivity contribution < 1.29 is 28.7 Å². The van der Waals surface area contributed by atoms with Gasteiger partial charge in [0, 0.05) is 19.3 Å². The molecule has 1 aliphatic rings. The Morgan fingerprint density at radius 3 is 2.39 bits per heavy atom. The third-order valence-corrected chi connectivity index (χ3v) is 4.62. The Kier molecular flexibility index (Phi) is 8.86. The number of ether oxygens (including phenoxy) is 2. The van der Waals surface area contributed by atoms with Crippen LogP contribution in [0.4, 0.5) is 15.4 Å². The summed E-state index contributed by atoms with van der Waals surface area (Å²) in [5.41, 5.74) is -0.737. The molecule has 1 fully saturated rings. The summed E-state index contributed by atoms with van der Waals surface area (Å²) < 4.78 is 10.5. The summed E-state index contributed by atoms with van der Waals surface area (Å²) >= 11 is 5.76. The van der Waals surface area contributed by atoms with Crippen LogP contribution in [-0.2, 0) is 19.1 Å². The van der Waals surface area contributed by atoms with E-state index in [1.807, 2.05) is 0 Å². The molecule has 0 bridgehead atoms. The number of hydrogen-bond donors (Lipinski definition) is 3. The summed E-state index contributed by atoms with van der Waals surface area (Å²) in [7, 11) is 0. The fourth-order valence-electron chi connectivity index (χ4n) is 3.03. The molecule has 1 aliphatic heterocycles. The number of nitrogens with one attached hydrogen (secondary N) is 3. The van der Waals surface area contributed by atoms with E-state index in [0.29, 0.717) is 5.02 Å². The van der Waals surface area contributed by atoms with Gasteiger partial charge in [0.15, 0.2) is 0 Å². The molecule has 0 aromatic carbocycles. The lowest BCUT2D eigenvalue weighted by Gasteiger charge is -2.38. The van der Waals surface area contributed by atoms with E-state index in [4.69, 9.17) is 21.1 Å². The fourth-order valence-corrected chi connectivity index (χ4v) is 3.14. The van der Waals surface area contributed by atoms with E-state index in [0.717, 1.165) is 0 Å². The van der Waals surface area contributed by atoms with Crippen molar-refractivity contribution in [3.8, 4) is 0 Å². The normalized spacial score (nSPS) is 18.3. The average molecular weight is 484 g/mol. The number of halogens is 1. The number of amides is 4. The van der Waals surface area contributed by atoms with Gasteiger partial charge in [0.2, 0.25) is 0 Å². The summed E-state index contributed by atoms with van der Waals surface area (Å²) in [5.74, 6) is -1.68. The van der Waals surface area contributed by atoms with Crippen molar-refractivity contribution in [2.45, 2.75) is 64.8 Å². The number of likely N-dealkylation sites (tertiary alicyclic amines) is 1. The number of carbonyl (C=O) groups excluding carboxylic acids is 4. The SMILES string of the molecule is CC(C)OC(=O)N1CCC(NC(=O)C(=O)Nc2ccc(Cl)cn2)C(NC(=O)OC(C)(C)C)C1. The maximum absolute atomic E-state index is 12.5. The van der Waals surface area contributed by atoms with Gasteiger partial charge < -0.3 is 30.3 Å². The molecule has 4 amide bonds. The van der Waals surface area contributed by atoms with Crippen LogP contribution >= 0.6 is 11.6 Å². The van der Waals surface area contributed by atoms with E-state index >= 15 is 0 Å². The first-order valence-corrected chi connectivity index (χ1v) is 10.9. The minimum Gasteiger partial charge on any atom is -0.447 e. The molecule has 1 saturated heterocycles. The quantitative estimate of drug-likeness (QED) is 0.558. The molecule has 0 radical (unpaired) electrons. The van der Waals surface area contributed by atoms with Crippen molar-refractivity contribution in [3.05, 3.63) is 23.4 Å². The Labute approximate surface area is 197 Å². The second kappa shape index (κ2) is 11.2. The molecule has 0 spiro atoms. The van der Waals surface area contributed by atoms with Crippen LogP contribution in [0.2, 0.25) is 5.02 Å². The zero-order chi connectivity index (χ0) is 24.8. The second-order valence-electron chi connectivity index (χ2n) is 8.82. The van der Waals surface area contributed by atoms with Gasteiger partial charge in [-0.1, -0.05) is 11.6 Å². The average Bonchev–Trinajstić information content (AvgIpc) is 2.68. The van der Waals surface area contributed by atoms with Gasteiger partial charge in [-0.25, -0.2) is 14.6 Å². The van der Waals surface area contributed by atoms with Crippen molar-refractivity contribution in [3.63, 3.8) is 0 Å². The highest BCUT2D eigenvalue weighted by atomic mass is 35.5. The number of piperidine rings is 1. The molecule has 2 unspecified atom stereocenters. The van der Waals surface area contributed by atoms with Crippen LogP contribution in [0.1, 0.15) is 41.0 Å². The number of rotatable bonds is 4. The molecule has 182 valence electrons. The van der Waals surface area contributed by atoms with Gasteiger partial charge in [0.05, 0.1) is 23.2 Å². The maximum Gasteiger partial charge on any atom is 0.410 e. The molecule has 0 aliphatic carbocycles. The summed E-state index contributed by atoms with van der Waals surface area (Å²) in [6.45, 7) is 8.95. The highest BCUT2D eigenvalue weighted by molar-refractivity contribution is 6.39. The zero-order valence-electron chi connectivity index (χ0n) is 19.3. The van der Waals surface area contributed by atoms with Crippen molar-refractivity contribution in [1.82, 2.24) is 20.5 Å². The molecule has 11 nitrogen and oxygen atoms in total. The Hall–Kier alpha value is -3.08. The van der Waals surface area contributed by atoms with E-state index in [1.54, 1.807) is 34.6 Å². The minimum absolute atomic E-state index is 0.0656. The van der Waals surface area contributed by atoms with Crippen molar-refractivity contribution in [1.29, 1.82) is 0 Å². The zero-order valence-corrected chi connectivity index (χ0v) is 20.1. The Balaban J connectivity index is 2.06. The first kappa shape index (κ1) is 26.2. The number of pyridine rings is 1. The predicted molar refractivity (Wildman–Crippen MR) is 121 cm³/mol. The molecular formula is C21H30ClN5O6. The van der Waals surface area contributed by atoms with Crippen LogP contribution in [-0.4, -0.2) is 70.8 Å². The number of alkyl carbamates (subject to hydrolysis) is 1. The molecule has 33 heavy (non-hydrogen) atoms. The Morgan fingerprint density at radius 1 is 1.12 bits per heavy atom. The molecule has 3 N–H and O–H groups in total. The lowest BCUT2D eigenvalue weighted by atomic mass is 9.99. The fraction of sp³-hybridized carbons (Fsp3) is 0.571. The summed E-state index contributed by atoms with van der Waals surface area (Å²) in [4.78, 5) is 54.8. The van der Waals surface area contributed by atoms with Gasteiger partial charge in [0.1, 0.15) is 11.4 Å². The van der Waals surface area contributed by atoms with Crippen molar-refractivity contribution >= 4 is 41.4 Å². The van der Waals surface area contributed by atoms with E-state index in [2.05, 4.69) is 20.9 Å². The summed E-state index contributed by atoms with van der Waals surface area (Å²) in [6, 6.07) is 1.64. The van der Waals surface area contributed by atoms with Crippen LogP contribution in [0.15, 0.2) is 18.3 Å². The standard InChI is InChI=1S/C21H30ClN5O6/c1-12(2)32-20(31)27-9-8-14(15(11-27)25-19(30)33-21(3,4)5)24-17(28)18(29)26-16-7-6-13(22)10-23-16/h6-7,10,12,14-15H,8-9,11H2,1-5H3,(H,24,28)(H,25,30)(H,23,26,29). The molecular weight excluding hydrogens is 454 g/mol. The molecule has 1 aromatic rings. The molecule has 2 atom stereocenters. The van der Waals surface area contributed by atoms with Gasteiger partial charge >= 0.3 is 24.0 Å². The minimum atomic E-state index is -0.928.